The van der Waals surface area contributed by atoms with Gasteiger partial charge in [0.25, 0.3) is 0 Å². The van der Waals surface area contributed by atoms with Crippen molar-refractivity contribution in [1.82, 2.24) is 15.0 Å². The highest BCUT2D eigenvalue weighted by Crippen LogP contribution is 2.08. The lowest BCUT2D eigenvalue weighted by molar-refractivity contribution is -0.139. The summed E-state index contributed by atoms with van der Waals surface area (Å²) in [5, 5.41) is 0. The summed E-state index contributed by atoms with van der Waals surface area (Å²) < 4.78 is 20.1. The zero-order valence-corrected chi connectivity index (χ0v) is 16.7. The number of carbonyl (C=O) groups is 3. The van der Waals surface area contributed by atoms with Gasteiger partial charge in [-0.25, -0.2) is 19.4 Å². The van der Waals surface area contributed by atoms with E-state index >= 15 is 0 Å². The standard InChI is InChI=1S/C20H25N3O7/c1-4-17(24)27-11-7-9-15-21-16(10-8-12-28-18(25)5-2)23-20(22-15)30-14-13-29-19(26)6-3/h4-6H,1-3,7-14H2. The third-order valence-corrected chi connectivity index (χ3v) is 3.34. The number of hydrogen-bond donors (Lipinski definition) is 0. The molecule has 0 aliphatic rings. The van der Waals surface area contributed by atoms with E-state index in [0.29, 0.717) is 37.3 Å². The summed E-state index contributed by atoms with van der Waals surface area (Å²) in [4.78, 5) is 46.0. The maximum atomic E-state index is 11.1. The van der Waals surface area contributed by atoms with Crippen LogP contribution in [-0.2, 0) is 41.4 Å². The smallest absolute Gasteiger partial charge is 0.330 e. The van der Waals surface area contributed by atoms with Crippen LogP contribution in [0.3, 0.4) is 0 Å². The van der Waals surface area contributed by atoms with Crippen molar-refractivity contribution in [3.05, 3.63) is 49.6 Å². The highest BCUT2D eigenvalue weighted by atomic mass is 16.6. The first-order valence-electron chi connectivity index (χ1n) is 9.22. The molecule has 1 rings (SSSR count). The van der Waals surface area contributed by atoms with Gasteiger partial charge < -0.3 is 18.9 Å². The highest BCUT2D eigenvalue weighted by Gasteiger charge is 2.09. The molecule has 0 unspecified atom stereocenters. The van der Waals surface area contributed by atoms with Crippen LogP contribution < -0.4 is 4.74 Å². The van der Waals surface area contributed by atoms with E-state index in [4.69, 9.17) is 18.9 Å². The van der Waals surface area contributed by atoms with Crippen molar-refractivity contribution >= 4 is 17.9 Å². The van der Waals surface area contributed by atoms with Crippen LogP contribution in [0.1, 0.15) is 24.5 Å². The maximum absolute atomic E-state index is 11.1. The van der Waals surface area contributed by atoms with Crippen LogP contribution in [0.2, 0.25) is 0 Å². The Bertz CT molecular complexity index is 652. The molecule has 0 aliphatic carbocycles. The maximum Gasteiger partial charge on any atom is 0.330 e. The summed E-state index contributed by atoms with van der Waals surface area (Å²) >= 11 is 0. The summed E-state index contributed by atoms with van der Waals surface area (Å²) in [6.45, 7) is 10.4. The van der Waals surface area contributed by atoms with Crippen LogP contribution in [-0.4, -0.2) is 59.3 Å². The molecular weight excluding hydrogens is 394 g/mol. The minimum atomic E-state index is -0.557. The van der Waals surface area contributed by atoms with E-state index in [2.05, 4.69) is 34.7 Å². The lowest BCUT2D eigenvalue weighted by Gasteiger charge is -2.09. The molecular formula is C20H25N3O7. The number of esters is 3. The molecule has 1 aromatic rings. The number of hydrogen-bond acceptors (Lipinski definition) is 10. The molecule has 0 amide bonds. The molecule has 0 fully saturated rings. The van der Waals surface area contributed by atoms with Gasteiger partial charge >= 0.3 is 23.9 Å². The Labute approximate surface area is 174 Å². The predicted octanol–water partition coefficient (Wildman–Crippen LogP) is 1.30. The molecule has 1 heterocycles. The summed E-state index contributed by atoms with van der Waals surface area (Å²) in [7, 11) is 0. The lowest BCUT2D eigenvalue weighted by Crippen LogP contribution is -2.14. The summed E-state index contributed by atoms with van der Waals surface area (Å²) in [5.74, 6) is -0.651. The quantitative estimate of drug-likeness (QED) is 0.178. The number of nitrogens with zero attached hydrogens (tertiary/aromatic N) is 3. The second kappa shape index (κ2) is 14.4. The Hall–Kier alpha value is -3.56. The third-order valence-electron chi connectivity index (χ3n) is 3.34. The average molecular weight is 419 g/mol. The minimum absolute atomic E-state index is 0.0101. The SMILES string of the molecule is C=CC(=O)OCCCc1nc(CCCOC(=O)C=C)nc(OCCOC(=O)C=C)n1. The Morgan fingerprint density at radius 2 is 1.10 bits per heavy atom. The van der Waals surface area contributed by atoms with E-state index in [1.807, 2.05) is 0 Å². The Balaban J connectivity index is 2.65. The van der Waals surface area contributed by atoms with E-state index in [-0.39, 0.29) is 32.4 Å². The fourth-order valence-corrected chi connectivity index (χ4v) is 1.99. The molecule has 0 bridgehead atoms. The summed E-state index contributed by atoms with van der Waals surface area (Å²) in [5.41, 5.74) is 0. The zero-order valence-electron chi connectivity index (χ0n) is 16.7. The third kappa shape index (κ3) is 10.7. The fourth-order valence-electron chi connectivity index (χ4n) is 1.99. The molecule has 0 radical (unpaired) electrons. The van der Waals surface area contributed by atoms with Crippen molar-refractivity contribution in [2.24, 2.45) is 0 Å². The Morgan fingerprint density at radius 3 is 1.53 bits per heavy atom. The molecule has 10 nitrogen and oxygen atoms in total. The summed E-state index contributed by atoms with van der Waals surface area (Å²) in [6, 6.07) is 0.0795. The molecule has 0 N–H and O–H groups in total. The van der Waals surface area contributed by atoms with Crippen molar-refractivity contribution in [3.8, 4) is 6.01 Å². The van der Waals surface area contributed by atoms with Crippen molar-refractivity contribution in [3.63, 3.8) is 0 Å². The molecule has 0 saturated heterocycles. The molecule has 162 valence electrons. The number of ether oxygens (including phenoxy) is 4. The first kappa shape index (κ1) is 24.5. The van der Waals surface area contributed by atoms with Crippen LogP contribution in [0.15, 0.2) is 38.0 Å². The van der Waals surface area contributed by atoms with Gasteiger partial charge in [-0.2, -0.15) is 9.97 Å². The number of rotatable bonds is 15. The fraction of sp³-hybridized carbons (Fsp3) is 0.400. The van der Waals surface area contributed by atoms with Gasteiger partial charge in [0, 0.05) is 31.1 Å². The van der Waals surface area contributed by atoms with E-state index in [1.165, 1.54) is 0 Å². The average Bonchev–Trinajstić information content (AvgIpc) is 2.76. The second-order valence-corrected chi connectivity index (χ2v) is 5.62. The first-order valence-corrected chi connectivity index (χ1v) is 9.22. The monoisotopic (exact) mass is 419 g/mol. The molecule has 0 aromatic carbocycles. The van der Waals surface area contributed by atoms with Crippen molar-refractivity contribution in [2.75, 3.05) is 26.4 Å². The van der Waals surface area contributed by atoms with Crippen LogP contribution >= 0.6 is 0 Å². The first-order chi connectivity index (χ1) is 14.5. The lowest BCUT2D eigenvalue weighted by atomic mass is 10.3. The van der Waals surface area contributed by atoms with Crippen LogP contribution in [0, 0.1) is 0 Å². The molecule has 0 spiro atoms. The molecule has 0 atom stereocenters. The molecule has 10 heteroatoms. The van der Waals surface area contributed by atoms with E-state index in [9.17, 15) is 14.4 Å². The van der Waals surface area contributed by atoms with Gasteiger partial charge in [0.1, 0.15) is 24.9 Å². The van der Waals surface area contributed by atoms with Crippen molar-refractivity contribution in [2.45, 2.75) is 25.7 Å². The molecule has 30 heavy (non-hydrogen) atoms. The van der Waals surface area contributed by atoms with Crippen molar-refractivity contribution in [1.29, 1.82) is 0 Å². The van der Waals surface area contributed by atoms with Gasteiger partial charge in [-0.3, -0.25) is 0 Å². The zero-order chi connectivity index (χ0) is 22.2. The van der Waals surface area contributed by atoms with E-state index in [0.717, 1.165) is 18.2 Å². The number of carbonyl (C=O) groups excluding carboxylic acids is 3. The van der Waals surface area contributed by atoms with Gasteiger partial charge in [0.2, 0.25) is 0 Å². The molecule has 0 aliphatic heterocycles. The van der Waals surface area contributed by atoms with Gasteiger partial charge in [0.05, 0.1) is 13.2 Å². The topological polar surface area (TPSA) is 127 Å². The van der Waals surface area contributed by atoms with Gasteiger partial charge in [-0.1, -0.05) is 19.7 Å². The number of aryl methyl sites for hydroxylation is 2. The number of aromatic nitrogens is 3. The van der Waals surface area contributed by atoms with Crippen molar-refractivity contribution < 1.29 is 33.3 Å². The molecule has 1 aromatic heterocycles. The van der Waals surface area contributed by atoms with Crippen LogP contribution in [0.4, 0.5) is 0 Å². The van der Waals surface area contributed by atoms with Gasteiger partial charge in [-0.05, 0) is 12.8 Å². The van der Waals surface area contributed by atoms with Crippen LogP contribution in [0.25, 0.3) is 0 Å². The second-order valence-electron chi connectivity index (χ2n) is 5.62. The predicted molar refractivity (Wildman–Crippen MR) is 105 cm³/mol. The largest absolute Gasteiger partial charge is 0.463 e. The van der Waals surface area contributed by atoms with E-state index < -0.39 is 17.9 Å². The normalized spacial score (nSPS) is 9.87. The van der Waals surface area contributed by atoms with Gasteiger partial charge in [-0.15, -0.1) is 0 Å². The van der Waals surface area contributed by atoms with Crippen LogP contribution in [0.5, 0.6) is 6.01 Å². The summed E-state index contributed by atoms with van der Waals surface area (Å²) in [6.07, 6.45) is 5.07. The van der Waals surface area contributed by atoms with Gasteiger partial charge in [0.15, 0.2) is 0 Å². The Kier molecular flexibility index (Phi) is 11.8. The Morgan fingerprint density at radius 1 is 0.667 bits per heavy atom. The minimum Gasteiger partial charge on any atom is -0.463 e. The molecule has 0 saturated carbocycles. The van der Waals surface area contributed by atoms with E-state index in [1.54, 1.807) is 0 Å². The highest BCUT2D eigenvalue weighted by molar-refractivity contribution is 5.81.